The van der Waals surface area contributed by atoms with Crippen molar-refractivity contribution in [3.63, 3.8) is 0 Å². The zero-order valence-electron chi connectivity index (χ0n) is 13.4. The van der Waals surface area contributed by atoms with E-state index in [0.29, 0.717) is 6.67 Å². The van der Waals surface area contributed by atoms with Crippen LogP contribution in [0.1, 0.15) is 25.8 Å². The van der Waals surface area contributed by atoms with Gasteiger partial charge >= 0.3 is 0 Å². The van der Waals surface area contributed by atoms with Gasteiger partial charge < -0.3 is 9.85 Å². The predicted molar refractivity (Wildman–Crippen MR) is 92.0 cm³/mol. The fourth-order valence-corrected chi connectivity index (χ4v) is 3.48. The number of benzene rings is 2. The minimum Gasteiger partial charge on any atom is -0.626 e. The summed E-state index contributed by atoms with van der Waals surface area (Å²) in [5, 5.41) is 13.7. The van der Waals surface area contributed by atoms with Crippen molar-refractivity contribution in [2.24, 2.45) is 0 Å². The first-order valence-corrected chi connectivity index (χ1v) is 7.98. The molecule has 1 aliphatic heterocycles. The smallest absolute Gasteiger partial charge is 0.140 e. The minimum absolute atomic E-state index is 0.253. The van der Waals surface area contributed by atoms with E-state index < -0.39 is 0 Å². The van der Waals surface area contributed by atoms with Crippen molar-refractivity contribution in [1.29, 1.82) is 0 Å². The van der Waals surface area contributed by atoms with Crippen LogP contribution in [-0.4, -0.2) is 23.7 Å². The lowest BCUT2D eigenvalue weighted by molar-refractivity contribution is 0.226. The molecule has 116 valence electrons. The van der Waals surface area contributed by atoms with Crippen molar-refractivity contribution in [2.75, 3.05) is 13.2 Å². The van der Waals surface area contributed by atoms with Crippen molar-refractivity contribution >= 4 is 5.69 Å². The van der Waals surface area contributed by atoms with Gasteiger partial charge in [0.15, 0.2) is 0 Å². The van der Waals surface area contributed by atoms with Crippen LogP contribution < -0.4 is 4.65 Å². The van der Waals surface area contributed by atoms with Crippen molar-refractivity contribution in [3.05, 3.63) is 71.4 Å². The van der Waals surface area contributed by atoms with Gasteiger partial charge in [-0.3, -0.25) is 0 Å². The van der Waals surface area contributed by atoms with Crippen LogP contribution in [0.2, 0.25) is 0 Å². The van der Waals surface area contributed by atoms with Gasteiger partial charge in [-0.1, -0.05) is 55.5 Å². The van der Waals surface area contributed by atoms with Crippen molar-refractivity contribution in [2.45, 2.75) is 32.4 Å². The van der Waals surface area contributed by atoms with Gasteiger partial charge in [-0.2, -0.15) is 0 Å². The molecule has 3 heteroatoms. The Hall–Kier alpha value is -1.68. The normalized spacial score (nSPS) is 28.9. The first kappa shape index (κ1) is 15.2. The van der Waals surface area contributed by atoms with Crippen LogP contribution in [0.25, 0.3) is 0 Å². The molecule has 1 aliphatic rings. The highest BCUT2D eigenvalue weighted by Crippen LogP contribution is 2.40. The molecule has 2 aromatic carbocycles. The second kappa shape index (κ2) is 5.84. The quantitative estimate of drug-likeness (QED) is 0.626. The number of nitrogens with zero attached hydrogens (tertiary/aromatic N) is 2. The lowest BCUT2D eigenvalue weighted by atomic mass is 9.96. The van der Waals surface area contributed by atoms with E-state index in [9.17, 15) is 5.21 Å². The molecule has 0 aliphatic carbocycles. The standard InChI is InChI=1S/C19H24N2O/c1-3-19(2)15-20(14-17-10-6-4-7-11-17)16-21(19,22)18-12-8-5-9-13-18/h4-13H,3,14-16H2,1-2H3. The van der Waals surface area contributed by atoms with Crippen LogP contribution in [0.3, 0.4) is 0 Å². The van der Waals surface area contributed by atoms with E-state index in [1.807, 2.05) is 36.4 Å². The monoisotopic (exact) mass is 296 g/mol. The van der Waals surface area contributed by atoms with Gasteiger partial charge in [-0.05, 0) is 24.6 Å². The van der Waals surface area contributed by atoms with Gasteiger partial charge in [0.1, 0.15) is 17.9 Å². The Morgan fingerprint density at radius 2 is 1.64 bits per heavy atom. The number of quaternary nitrogens is 1. The van der Waals surface area contributed by atoms with Gasteiger partial charge in [0.05, 0.1) is 6.54 Å². The molecule has 3 nitrogen and oxygen atoms in total. The Morgan fingerprint density at radius 1 is 1.05 bits per heavy atom. The van der Waals surface area contributed by atoms with E-state index in [1.54, 1.807) is 0 Å². The fraction of sp³-hybridized carbons (Fsp3) is 0.368. The second-order valence-electron chi connectivity index (χ2n) is 6.54. The molecule has 0 aromatic heterocycles. The van der Waals surface area contributed by atoms with E-state index in [-0.39, 0.29) is 10.2 Å². The molecule has 0 amide bonds. The van der Waals surface area contributed by atoms with E-state index in [0.717, 1.165) is 25.2 Å². The summed E-state index contributed by atoms with van der Waals surface area (Å²) in [4.78, 5) is 2.29. The fourth-order valence-electron chi connectivity index (χ4n) is 3.48. The Morgan fingerprint density at radius 3 is 2.23 bits per heavy atom. The third kappa shape index (κ3) is 2.56. The highest BCUT2D eigenvalue weighted by atomic mass is 16.6. The molecule has 0 bridgehead atoms. The molecular weight excluding hydrogens is 272 g/mol. The number of para-hydroxylation sites is 1. The van der Waals surface area contributed by atoms with E-state index in [2.05, 4.69) is 43.0 Å². The number of hydroxylamine groups is 2. The van der Waals surface area contributed by atoms with Crippen LogP contribution in [0.15, 0.2) is 60.7 Å². The molecule has 0 saturated carbocycles. The zero-order chi connectivity index (χ0) is 15.6. The van der Waals surface area contributed by atoms with Crippen molar-refractivity contribution in [3.8, 4) is 0 Å². The number of hydrogen-bond acceptors (Lipinski definition) is 2. The number of hydrogen-bond donors (Lipinski definition) is 0. The molecule has 2 atom stereocenters. The van der Waals surface area contributed by atoms with Gasteiger partial charge in [-0.15, -0.1) is 0 Å². The number of rotatable bonds is 4. The lowest BCUT2D eigenvalue weighted by Gasteiger charge is -2.49. The summed E-state index contributed by atoms with van der Waals surface area (Å²) in [6.45, 7) is 6.43. The summed E-state index contributed by atoms with van der Waals surface area (Å²) < 4.78 is -0.253. The second-order valence-corrected chi connectivity index (χ2v) is 6.54. The molecule has 1 saturated heterocycles. The van der Waals surface area contributed by atoms with Gasteiger partial charge in [0.2, 0.25) is 0 Å². The molecule has 22 heavy (non-hydrogen) atoms. The van der Waals surface area contributed by atoms with Gasteiger partial charge in [0.25, 0.3) is 0 Å². The van der Waals surface area contributed by atoms with E-state index in [4.69, 9.17) is 0 Å². The maximum absolute atomic E-state index is 13.7. The largest absolute Gasteiger partial charge is 0.626 e. The first-order chi connectivity index (χ1) is 10.6. The first-order valence-electron chi connectivity index (χ1n) is 7.98. The molecule has 1 fully saturated rings. The Kier molecular flexibility index (Phi) is 4.04. The van der Waals surface area contributed by atoms with Crippen LogP contribution >= 0.6 is 0 Å². The summed E-state index contributed by atoms with van der Waals surface area (Å²) in [5.41, 5.74) is 1.83. The van der Waals surface area contributed by atoms with Crippen LogP contribution in [-0.2, 0) is 6.54 Å². The SMILES string of the molecule is CCC1(C)CN(Cc2ccccc2)C[N+]1([O-])c1ccccc1. The zero-order valence-corrected chi connectivity index (χ0v) is 13.4. The maximum Gasteiger partial charge on any atom is 0.140 e. The lowest BCUT2D eigenvalue weighted by Crippen LogP contribution is -2.57. The summed E-state index contributed by atoms with van der Waals surface area (Å²) >= 11 is 0. The molecule has 0 N–H and O–H groups in total. The molecule has 1 heterocycles. The third-order valence-corrected chi connectivity index (χ3v) is 5.02. The Bertz CT molecular complexity index is 616. The van der Waals surface area contributed by atoms with E-state index in [1.165, 1.54) is 5.56 Å². The summed E-state index contributed by atoms with van der Waals surface area (Å²) in [5.74, 6) is 0. The Balaban J connectivity index is 1.88. The van der Waals surface area contributed by atoms with Crippen LogP contribution in [0.5, 0.6) is 0 Å². The predicted octanol–water partition coefficient (Wildman–Crippen LogP) is 4.13. The average Bonchev–Trinajstić information content (AvgIpc) is 2.81. The van der Waals surface area contributed by atoms with Crippen molar-refractivity contribution < 1.29 is 0 Å². The average molecular weight is 296 g/mol. The van der Waals surface area contributed by atoms with Crippen LogP contribution in [0, 0.1) is 5.21 Å². The molecule has 0 spiro atoms. The summed E-state index contributed by atoms with van der Waals surface area (Å²) in [7, 11) is 0. The molecule has 2 aromatic rings. The third-order valence-electron chi connectivity index (χ3n) is 5.02. The highest BCUT2D eigenvalue weighted by Gasteiger charge is 2.49. The van der Waals surface area contributed by atoms with Crippen LogP contribution in [0.4, 0.5) is 5.69 Å². The summed E-state index contributed by atoms with van der Waals surface area (Å²) in [6.07, 6.45) is 0.872. The Labute approximate surface area is 133 Å². The van der Waals surface area contributed by atoms with Gasteiger partial charge in [-0.25, -0.2) is 4.90 Å². The van der Waals surface area contributed by atoms with Gasteiger partial charge in [0, 0.05) is 13.0 Å². The molecular formula is C19H24N2O. The molecule has 0 radical (unpaired) electrons. The topological polar surface area (TPSA) is 26.3 Å². The molecule has 3 rings (SSSR count). The van der Waals surface area contributed by atoms with Crippen molar-refractivity contribution in [1.82, 2.24) is 9.55 Å². The minimum atomic E-state index is -0.296. The maximum atomic E-state index is 13.7. The molecule has 2 unspecified atom stereocenters. The summed E-state index contributed by atoms with van der Waals surface area (Å²) in [6, 6.07) is 20.2. The highest BCUT2D eigenvalue weighted by molar-refractivity contribution is 5.47. The van der Waals surface area contributed by atoms with E-state index >= 15 is 0 Å².